The average molecular weight is 330 g/mol. The summed E-state index contributed by atoms with van der Waals surface area (Å²) >= 11 is 0. The van der Waals surface area contributed by atoms with E-state index in [2.05, 4.69) is 26.0 Å². The van der Waals surface area contributed by atoms with Crippen molar-refractivity contribution in [2.24, 2.45) is 28.6 Å². The van der Waals surface area contributed by atoms with E-state index in [1.807, 2.05) is 0 Å². The standard InChI is InChI=1S/C21H30O3/c1-12(22)16-6-7-17-15-5-4-13-10-14(23)11-19(24)21(13,3)18(15)8-9-20(16,17)2/h4,6,14-15,17-19,23-24H,5,7-11H2,1-3H3/t14-,15+,17+,18+,19-,20-,21+/m1/s1. The maximum absolute atomic E-state index is 12.1. The molecule has 0 radical (unpaired) electrons. The highest BCUT2D eigenvalue weighted by atomic mass is 16.3. The van der Waals surface area contributed by atoms with Crippen LogP contribution in [0.1, 0.15) is 59.3 Å². The van der Waals surface area contributed by atoms with Crippen LogP contribution in [-0.4, -0.2) is 28.2 Å². The van der Waals surface area contributed by atoms with Gasteiger partial charge in [0.05, 0.1) is 12.2 Å². The largest absolute Gasteiger partial charge is 0.393 e. The van der Waals surface area contributed by atoms with Gasteiger partial charge in [0.25, 0.3) is 0 Å². The van der Waals surface area contributed by atoms with Gasteiger partial charge in [-0.25, -0.2) is 0 Å². The second kappa shape index (κ2) is 5.28. The lowest BCUT2D eigenvalue weighted by Crippen LogP contribution is -2.55. The maximum Gasteiger partial charge on any atom is 0.156 e. The molecule has 0 aromatic carbocycles. The Hall–Kier alpha value is -0.930. The molecule has 0 aromatic rings. The second-order valence-electron chi connectivity index (χ2n) is 9.10. The lowest BCUT2D eigenvalue weighted by molar-refractivity contribution is -0.117. The van der Waals surface area contributed by atoms with E-state index in [9.17, 15) is 15.0 Å². The Morgan fingerprint density at radius 2 is 1.92 bits per heavy atom. The van der Waals surface area contributed by atoms with E-state index < -0.39 is 12.2 Å². The van der Waals surface area contributed by atoms with Gasteiger partial charge in [0.1, 0.15) is 0 Å². The molecule has 4 rings (SSSR count). The minimum atomic E-state index is -0.453. The molecule has 3 heteroatoms. The van der Waals surface area contributed by atoms with E-state index in [1.54, 1.807) is 6.92 Å². The zero-order valence-corrected chi connectivity index (χ0v) is 15.1. The molecular formula is C21H30O3. The van der Waals surface area contributed by atoms with Crippen LogP contribution in [0.3, 0.4) is 0 Å². The SMILES string of the molecule is CC(=O)C1=CC[C@H]2[C@@H]3CC=C4C[C@@H](O)C[C@@H](O)[C@]4(C)[C@H]3CC[C@]12C. The summed E-state index contributed by atoms with van der Waals surface area (Å²) in [5, 5.41) is 20.9. The Morgan fingerprint density at radius 1 is 1.17 bits per heavy atom. The molecule has 0 saturated heterocycles. The summed E-state index contributed by atoms with van der Waals surface area (Å²) in [5.74, 6) is 1.76. The van der Waals surface area contributed by atoms with Crippen molar-refractivity contribution in [3.63, 3.8) is 0 Å². The molecule has 4 aliphatic rings. The van der Waals surface area contributed by atoms with E-state index in [-0.39, 0.29) is 16.6 Å². The first-order valence-corrected chi connectivity index (χ1v) is 9.55. The molecule has 2 N–H and O–H groups in total. The number of ketones is 1. The summed E-state index contributed by atoms with van der Waals surface area (Å²) in [6.07, 6.45) is 9.02. The fraction of sp³-hybridized carbons (Fsp3) is 0.762. The molecule has 2 fully saturated rings. The van der Waals surface area contributed by atoms with Crippen LogP contribution in [0, 0.1) is 28.6 Å². The fourth-order valence-electron chi connectivity index (χ4n) is 6.81. The first kappa shape index (κ1) is 16.5. The Morgan fingerprint density at radius 3 is 2.62 bits per heavy atom. The molecule has 0 amide bonds. The molecule has 0 aliphatic heterocycles. The number of carbonyl (C=O) groups is 1. The molecule has 3 nitrogen and oxygen atoms in total. The van der Waals surface area contributed by atoms with Crippen LogP contribution >= 0.6 is 0 Å². The fourth-order valence-corrected chi connectivity index (χ4v) is 6.81. The summed E-state index contributed by atoms with van der Waals surface area (Å²) in [5.41, 5.74) is 2.15. The van der Waals surface area contributed by atoms with Crippen molar-refractivity contribution in [1.82, 2.24) is 0 Å². The van der Waals surface area contributed by atoms with Gasteiger partial charge in [-0.15, -0.1) is 0 Å². The number of allylic oxidation sites excluding steroid dienone is 3. The molecule has 0 bridgehead atoms. The van der Waals surface area contributed by atoms with Crippen LogP contribution in [0.25, 0.3) is 0 Å². The van der Waals surface area contributed by atoms with Crippen molar-refractivity contribution >= 4 is 5.78 Å². The number of hydrogen-bond donors (Lipinski definition) is 2. The van der Waals surface area contributed by atoms with Gasteiger partial charge in [0, 0.05) is 11.8 Å². The number of fused-ring (bicyclic) bond motifs is 5. The molecule has 2 saturated carbocycles. The van der Waals surface area contributed by atoms with E-state index >= 15 is 0 Å². The highest BCUT2D eigenvalue weighted by molar-refractivity contribution is 5.95. The summed E-state index contributed by atoms with van der Waals surface area (Å²) in [6.45, 7) is 6.22. The molecule has 24 heavy (non-hydrogen) atoms. The van der Waals surface area contributed by atoms with Crippen molar-refractivity contribution in [3.8, 4) is 0 Å². The minimum Gasteiger partial charge on any atom is -0.393 e. The predicted octanol–water partition coefficient (Wildman–Crippen LogP) is 3.41. The summed E-state index contributed by atoms with van der Waals surface area (Å²) in [7, 11) is 0. The van der Waals surface area contributed by atoms with Gasteiger partial charge in [-0.3, -0.25) is 4.79 Å². The van der Waals surface area contributed by atoms with Gasteiger partial charge >= 0.3 is 0 Å². The maximum atomic E-state index is 12.1. The zero-order chi connectivity index (χ0) is 17.3. The number of Topliss-reactive ketones (excluding diaryl/α,β-unsaturated/α-hetero) is 1. The normalized spacial score (nSPS) is 50.3. The molecular weight excluding hydrogens is 300 g/mol. The topological polar surface area (TPSA) is 57.5 Å². The lowest BCUT2D eigenvalue weighted by atomic mass is 9.46. The van der Waals surface area contributed by atoms with E-state index in [0.717, 1.165) is 37.7 Å². The first-order chi connectivity index (χ1) is 11.3. The van der Waals surface area contributed by atoms with Crippen molar-refractivity contribution in [1.29, 1.82) is 0 Å². The van der Waals surface area contributed by atoms with Gasteiger partial charge in [-0.2, -0.15) is 0 Å². The highest BCUT2D eigenvalue weighted by Gasteiger charge is 2.59. The van der Waals surface area contributed by atoms with Crippen LogP contribution in [-0.2, 0) is 4.79 Å². The Labute approximate surface area is 144 Å². The highest BCUT2D eigenvalue weighted by Crippen LogP contribution is 2.64. The van der Waals surface area contributed by atoms with Crippen LogP contribution in [0.15, 0.2) is 23.3 Å². The van der Waals surface area contributed by atoms with Crippen molar-refractivity contribution in [2.75, 3.05) is 0 Å². The monoisotopic (exact) mass is 330 g/mol. The lowest BCUT2D eigenvalue weighted by Gasteiger charge is -2.58. The average Bonchev–Trinajstić information content (AvgIpc) is 2.86. The third-order valence-electron chi connectivity index (χ3n) is 8.14. The van der Waals surface area contributed by atoms with Gasteiger partial charge in [-0.05, 0) is 67.8 Å². The summed E-state index contributed by atoms with van der Waals surface area (Å²) in [4.78, 5) is 12.1. The van der Waals surface area contributed by atoms with Crippen LogP contribution in [0.2, 0.25) is 0 Å². The third kappa shape index (κ3) is 2.00. The smallest absolute Gasteiger partial charge is 0.156 e. The molecule has 0 heterocycles. The third-order valence-corrected chi connectivity index (χ3v) is 8.14. The van der Waals surface area contributed by atoms with Crippen LogP contribution in [0.4, 0.5) is 0 Å². The number of rotatable bonds is 1. The minimum absolute atomic E-state index is 0.0217. The molecule has 0 spiro atoms. The Kier molecular flexibility index (Phi) is 3.64. The number of hydrogen-bond acceptors (Lipinski definition) is 3. The summed E-state index contributed by atoms with van der Waals surface area (Å²) in [6, 6.07) is 0. The van der Waals surface area contributed by atoms with Crippen LogP contribution in [0.5, 0.6) is 0 Å². The molecule has 0 aromatic heterocycles. The Balaban J connectivity index is 1.70. The predicted molar refractivity (Wildman–Crippen MR) is 93.2 cm³/mol. The number of aliphatic hydroxyl groups is 2. The number of carbonyl (C=O) groups excluding carboxylic acids is 1. The van der Waals surface area contributed by atoms with Crippen LogP contribution < -0.4 is 0 Å². The van der Waals surface area contributed by atoms with Crippen molar-refractivity contribution < 1.29 is 15.0 Å². The van der Waals surface area contributed by atoms with Gasteiger partial charge in [0.15, 0.2) is 5.78 Å². The van der Waals surface area contributed by atoms with E-state index in [4.69, 9.17) is 0 Å². The molecule has 132 valence electrons. The van der Waals surface area contributed by atoms with E-state index in [1.165, 1.54) is 5.57 Å². The molecule has 7 atom stereocenters. The van der Waals surface area contributed by atoms with Gasteiger partial charge in [-0.1, -0.05) is 31.6 Å². The van der Waals surface area contributed by atoms with Gasteiger partial charge < -0.3 is 10.2 Å². The summed E-state index contributed by atoms with van der Waals surface area (Å²) < 4.78 is 0. The molecule has 4 aliphatic carbocycles. The first-order valence-electron chi connectivity index (χ1n) is 9.55. The second-order valence-corrected chi connectivity index (χ2v) is 9.10. The van der Waals surface area contributed by atoms with Crippen molar-refractivity contribution in [3.05, 3.63) is 23.3 Å². The van der Waals surface area contributed by atoms with E-state index in [0.29, 0.717) is 24.2 Å². The zero-order valence-electron chi connectivity index (χ0n) is 15.1. The quantitative estimate of drug-likeness (QED) is 0.725. The van der Waals surface area contributed by atoms with Crippen molar-refractivity contribution in [2.45, 2.75) is 71.5 Å². The molecule has 0 unspecified atom stereocenters. The number of aliphatic hydroxyl groups excluding tert-OH is 2. The van der Waals surface area contributed by atoms with Gasteiger partial charge in [0.2, 0.25) is 0 Å². The Bertz CT molecular complexity index is 633.